The van der Waals surface area contributed by atoms with Crippen molar-refractivity contribution in [1.82, 2.24) is 10.2 Å². The standard InChI is InChI=1S/C10H18N2O4/c1-10(15)4-3-5-12(7-10)6-8(13)11-9(14)16-2/h15H,3-7H2,1-2H3,(H,11,13,14). The van der Waals surface area contributed by atoms with Gasteiger partial charge in [0.25, 0.3) is 0 Å². The van der Waals surface area contributed by atoms with Crippen LogP contribution in [0.2, 0.25) is 0 Å². The van der Waals surface area contributed by atoms with Crippen molar-refractivity contribution in [3.05, 3.63) is 0 Å². The van der Waals surface area contributed by atoms with Crippen molar-refractivity contribution < 1.29 is 19.4 Å². The maximum Gasteiger partial charge on any atom is 0.413 e. The number of piperidine rings is 1. The fraction of sp³-hybridized carbons (Fsp3) is 0.800. The molecule has 0 aromatic rings. The third-order valence-electron chi connectivity index (χ3n) is 2.55. The lowest BCUT2D eigenvalue weighted by Crippen LogP contribution is -2.49. The fourth-order valence-electron chi connectivity index (χ4n) is 1.87. The molecule has 6 nitrogen and oxygen atoms in total. The molecule has 0 radical (unpaired) electrons. The molecule has 0 aliphatic carbocycles. The van der Waals surface area contributed by atoms with E-state index in [0.29, 0.717) is 6.54 Å². The molecule has 1 saturated heterocycles. The predicted octanol–water partition coefficient (Wildman–Crippen LogP) is -0.284. The van der Waals surface area contributed by atoms with Crippen LogP contribution in [0.15, 0.2) is 0 Å². The van der Waals surface area contributed by atoms with E-state index in [9.17, 15) is 14.7 Å². The fourth-order valence-corrected chi connectivity index (χ4v) is 1.87. The first kappa shape index (κ1) is 12.9. The number of aliphatic hydroxyl groups is 1. The second-order valence-electron chi connectivity index (χ2n) is 4.35. The van der Waals surface area contributed by atoms with Crippen molar-refractivity contribution in [3.63, 3.8) is 0 Å². The number of hydrogen-bond donors (Lipinski definition) is 2. The van der Waals surface area contributed by atoms with E-state index in [1.807, 2.05) is 4.90 Å². The van der Waals surface area contributed by atoms with Gasteiger partial charge in [0.1, 0.15) is 0 Å². The zero-order chi connectivity index (χ0) is 12.2. The summed E-state index contributed by atoms with van der Waals surface area (Å²) >= 11 is 0. The molecule has 0 bridgehead atoms. The summed E-state index contributed by atoms with van der Waals surface area (Å²) in [5.41, 5.74) is -0.746. The van der Waals surface area contributed by atoms with Gasteiger partial charge >= 0.3 is 6.09 Å². The van der Waals surface area contributed by atoms with Crippen LogP contribution in [0, 0.1) is 0 Å². The Morgan fingerprint density at radius 2 is 2.25 bits per heavy atom. The molecule has 92 valence electrons. The Labute approximate surface area is 94.6 Å². The number of methoxy groups -OCH3 is 1. The Morgan fingerprint density at radius 1 is 1.56 bits per heavy atom. The zero-order valence-electron chi connectivity index (χ0n) is 9.65. The Hall–Kier alpha value is -1.14. The quantitative estimate of drug-likeness (QED) is 0.682. The van der Waals surface area contributed by atoms with Gasteiger partial charge in [0.2, 0.25) is 5.91 Å². The lowest BCUT2D eigenvalue weighted by molar-refractivity contribution is -0.123. The summed E-state index contributed by atoms with van der Waals surface area (Å²) in [6.45, 7) is 3.05. The number of imide groups is 1. The molecular formula is C10H18N2O4. The molecule has 0 aromatic carbocycles. The number of amides is 2. The topological polar surface area (TPSA) is 78.9 Å². The number of ether oxygens (including phenoxy) is 1. The summed E-state index contributed by atoms with van der Waals surface area (Å²) in [7, 11) is 1.20. The number of alkyl carbamates (subject to hydrolysis) is 1. The van der Waals surface area contributed by atoms with Crippen LogP contribution in [0.4, 0.5) is 4.79 Å². The van der Waals surface area contributed by atoms with E-state index in [4.69, 9.17) is 0 Å². The smallest absolute Gasteiger partial charge is 0.413 e. The van der Waals surface area contributed by atoms with Crippen molar-refractivity contribution in [2.24, 2.45) is 0 Å². The van der Waals surface area contributed by atoms with Crippen LogP contribution in [0.5, 0.6) is 0 Å². The van der Waals surface area contributed by atoms with Gasteiger partial charge in [-0.25, -0.2) is 4.79 Å². The van der Waals surface area contributed by atoms with Gasteiger partial charge in [-0.05, 0) is 26.3 Å². The highest BCUT2D eigenvalue weighted by atomic mass is 16.5. The van der Waals surface area contributed by atoms with Crippen LogP contribution in [0.3, 0.4) is 0 Å². The van der Waals surface area contributed by atoms with E-state index in [1.54, 1.807) is 6.92 Å². The molecule has 6 heteroatoms. The number of rotatable bonds is 2. The number of carbonyl (C=O) groups excluding carboxylic acids is 2. The summed E-state index contributed by atoms with van der Waals surface area (Å²) in [4.78, 5) is 23.9. The van der Waals surface area contributed by atoms with Crippen molar-refractivity contribution in [1.29, 1.82) is 0 Å². The Morgan fingerprint density at radius 3 is 2.81 bits per heavy atom. The highest BCUT2D eigenvalue weighted by Gasteiger charge is 2.29. The molecule has 1 rings (SSSR count). The van der Waals surface area contributed by atoms with Gasteiger partial charge in [0, 0.05) is 6.54 Å². The zero-order valence-corrected chi connectivity index (χ0v) is 9.65. The van der Waals surface area contributed by atoms with Gasteiger partial charge < -0.3 is 9.84 Å². The molecule has 1 aliphatic rings. The minimum Gasteiger partial charge on any atom is -0.453 e. The molecule has 2 amide bonds. The number of carbonyl (C=O) groups is 2. The lowest BCUT2D eigenvalue weighted by Gasteiger charge is -2.36. The summed E-state index contributed by atoms with van der Waals surface area (Å²) in [5.74, 6) is -0.412. The van der Waals surface area contributed by atoms with E-state index in [0.717, 1.165) is 19.4 Å². The molecule has 1 atom stereocenters. The lowest BCUT2D eigenvalue weighted by atomic mass is 9.95. The molecule has 1 aliphatic heterocycles. The van der Waals surface area contributed by atoms with Crippen LogP contribution in [0.25, 0.3) is 0 Å². The average Bonchev–Trinajstić information content (AvgIpc) is 2.15. The number of hydrogen-bond acceptors (Lipinski definition) is 5. The molecule has 0 spiro atoms. The third-order valence-corrected chi connectivity index (χ3v) is 2.55. The molecule has 16 heavy (non-hydrogen) atoms. The number of β-amino-alcohol motifs (C(OH)–C–C–N with tert-alkyl or cyclic N) is 1. The van der Waals surface area contributed by atoms with Gasteiger partial charge in [0.15, 0.2) is 0 Å². The highest BCUT2D eigenvalue weighted by Crippen LogP contribution is 2.19. The van der Waals surface area contributed by atoms with E-state index in [-0.39, 0.29) is 6.54 Å². The first-order chi connectivity index (χ1) is 7.43. The second kappa shape index (κ2) is 5.27. The van der Waals surface area contributed by atoms with Gasteiger partial charge in [-0.1, -0.05) is 0 Å². The minimum absolute atomic E-state index is 0.102. The van der Waals surface area contributed by atoms with Crippen molar-refractivity contribution in [2.45, 2.75) is 25.4 Å². The minimum atomic E-state index is -0.756. The SMILES string of the molecule is COC(=O)NC(=O)CN1CCCC(C)(O)C1. The largest absolute Gasteiger partial charge is 0.453 e. The monoisotopic (exact) mass is 230 g/mol. The van der Waals surface area contributed by atoms with Crippen LogP contribution < -0.4 is 5.32 Å². The third kappa shape index (κ3) is 4.16. The Kier molecular flexibility index (Phi) is 4.26. The summed E-state index contributed by atoms with van der Waals surface area (Å²) in [5, 5.41) is 11.9. The molecule has 1 fully saturated rings. The molecule has 0 aromatic heterocycles. The van der Waals surface area contributed by atoms with Crippen molar-refractivity contribution >= 4 is 12.0 Å². The predicted molar refractivity (Wildman–Crippen MR) is 56.8 cm³/mol. The van der Waals surface area contributed by atoms with E-state index in [2.05, 4.69) is 10.1 Å². The number of nitrogens with zero attached hydrogens (tertiary/aromatic N) is 1. The van der Waals surface area contributed by atoms with Gasteiger partial charge in [-0.15, -0.1) is 0 Å². The van der Waals surface area contributed by atoms with E-state index >= 15 is 0 Å². The van der Waals surface area contributed by atoms with Gasteiger partial charge in [-0.2, -0.15) is 0 Å². The Bertz CT molecular complexity index is 278. The van der Waals surface area contributed by atoms with Crippen LogP contribution in [0.1, 0.15) is 19.8 Å². The first-order valence-electron chi connectivity index (χ1n) is 5.25. The van der Waals surface area contributed by atoms with Gasteiger partial charge in [0.05, 0.1) is 19.3 Å². The maximum atomic E-state index is 11.4. The number of likely N-dealkylation sites (tertiary alicyclic amines) is 1. The van der Waals surface area contributed by atoms with Gasteiger partial charge in [-0.3, -0.25) is 15.0 Å². The maximum absolute atomic E-state index is 11.4. The summed E-state index contributed by atoms with van der Waals surface area (Å²) < 4.78 is 4.31. The molecule has 1 heterocycles. The van der Waals surface area contributed by atoms with Crippen LogP contribution >= 0.6 is 0 Å². The van der Waals surface area contributed by atoms with Crippen LogP contribution in [-0.4, -0.2) is 54.4 Å². The first-order valence-corrected chi connectivity index (χ1v) is 5.25. The molecular weight excluding hydrogens is 212 g/mol. The normalized spacial score (nSPS) is 26.2. The van der Waals surface area contributed by atoms with Crippen LogP contribution in [-0.2, 0) is 9.53 Å². The van der Waals surface area contributed by atoms with Crippen molar-refractivity contribution in [2.75, 3.05) is 26.7 Å². The Balaban J connectivity index is 2.36. The summed E-state index contributed by atoms with van der Waals surface area (Å²) in [6.07, 6.45) is 0.828. The average molecular weight is 230 g/mol. The molecule has 2 N–H and O–H groups in total. The van der Waals surface area contributed by atoms with Crippen molar-refractivity contribution in [3.8, 4) is 0 Å². The molecule has 0 saturated carbocycles. The summed E-state index contributed by atoms with van der Waals surface area (Å²) in [6, 6.07) is 0. The van der Waals surface area contributed by atoms with E-state index in [1.165, 1.54) is 7.11 Å². The molecule has 1 unspecified atom stereocenters. The highest BCUT2D eigenvalue weighted by molar-refractivity contribution is 5.92. The van der Waals surface area contributed by atoms with E-state index < -0.39 is 17.6 Å². The second-order valence-corrected chi connectivity index (χ2v) is 4.35. The number of nitrogens with one attached hydrogen (secondary N) is 1.